The van der Waals surface area contributed by atoms with Crippen LogP contribution in [0.4, 0.5) is 0 Å². The quantitative estimate of drug-likeness (QED) is 0.836. The molecule has 3 rings (SSSR count). The molecular weight excluding hydrogens is 338 g/mol. The van der Waals surface area contributed by atoms with Crippen molar-refractivity contribution in [3.05, 3.63) is 58.6 Å². The topological polar surface area (TPSA) is 47.6 Å². The lowest BCUT2D eigenvalue weighted by atomic mass is 10.0. The van der Waals surface area contributed by atoms with Crippen molar-refractivity contribution in [3.63, 3.8) is 0 Å². The Morgan fingerprint density at radius 3 is 2.84 bits per heavy atom. The first-order valence-corrected chi connectivity index (χ1v) is 8.97. The lowest BCUT2D eigenvalue weighted by Gasteiger charge is -2.27. The molecule has 4 nitrogen and oxygen atoms in total. The highest BCUT2D eigenvalue weighted by molar-refractivity contribution is 6.30. The van der Waals surface area contributed by atoms with Gasteiger partial charge < -0.3 is 14.8 Å². The highest BCUT2D eigenvalue weighted by Gasteiger charge is 2.23. The summed E-state index contributed by atoms with van der Waals surface area (Å²) >= 11 is 6.06. The van der Waals surface area contributed by atoms with Gasteiger partial charge in [0.1, 0.15) is 11.5 Å². The van der Waals surface area contributed by atoms with E-state index >= 15 is 0 Å². The first-order valence-electron chi connectivity index (χ1n) is 8.59. The van der Waals surface area contributed by atoms with Crippen molar-refractivity contribution in [3.8, 4) is 11.5 Å². The molecule has 0 saturated heterocycles. The van der Waals surface area contributed by atoms with Gasteiger partial charge in [-0.15, -0.1) is 0 Å². The van der Waals surface area contributed by atoms with E-state index < -0.39 is 0 Å². The van der Waals surface area contributed by atoms with Crippen LogP contribution < -0.4 is 14.8 Å². The zero-order valence-corrected chi connectivity index (χ0v) is 15.0. The van der Waals surface area contributed by atoms with E-state index in [1.807, 2.05) is 36.4 Å². The van der Waals surface area contributed by atoms with E-state index in [9.17, 15) is 4.79 Å². The number of amides is 1. The molecule has 0 spiro atoms. The second-order valence-electron chi connectivity index (χ2n) is 6.04. The molecule has 2 aromatic rings. The fraction of sp³-hybridized carbons (Fsp3) is 0.350. The number of halogens is 1. The van der Waals surface area contributed by atoms with Crippen molar-refractivity contribution < 1.29 is 14.3 Å². The summed E-state index contributed by atoms with van der Waals surface area (Å²) in [4.78, 5) is 12.2. The number of carbonyl (C=O) groups is 1. The van der Waals surface area contributed by atoms with Crippen LogP contribution in [0, 0.1) is 0 Å². The Bertz CT molecular complexity index is 730. The minimum absolute atomic E-state index is 0.0389. The highest BCUT2D eigenvalue weighted by atomic mass is 35.5. The number of carbonyl (C=O) groups excluding carboxylic acids is 1. The number of hydrogen-bond donors (Lipinski definition) is 1. The van der Waals surface area contributed by atoms with E-state index in [-0.39, 0.29) is 11.9 Å². The summed E-state index contributed by atoms with van der Waals surface area (Å²) in [5.74, 6) is 1.53. The molecule has 132 valence electrons. The molecular formula is C20H22ClNO3. The third-order valence-electron chi connectivity index (χ3n) is 4.28. The first kappa shape index (κ1) is 17.6. The Hall–Kier alpha value is -2.20. The molecule has 0 fully saturated rings. The van der Waals surface area contributed by atoms with Gasteiger partial charge in [-0.05, 0) is 42.3 Å². The molecule has 2 aromatic carbocycles. The Morgan fingerprint density at radius 1 is 1.28 bits per heavy atom. The van der Waals surface area contributed by atoms with Crippen molar-refractivity contribution >= 4 is 17.5 Å². The van der Waals surface area contributed by atoms with E-state index in [1.165, 1.54) is 5.56 Å². The van der Waals surface area contributed by atoms with Gasteiger partial charge in [-0.25, -0.2) is 0 Å². The molecule has 1 heterocycles. The Morgan fingerprint density at radius 2 is 2.08 bits per heavy atom. The van der Waals surface area contributed by atoms with Crippen LogP contribution in [-0.4, -0.2) is 19.1 Å². The van der Waals surface area contributed by atoms with Gasteiger partial charge >= 0.3 is 0 Å². The van der Waals surface area contributed by atoms with Crippen LogP contribution in [0.25, 0.3) is 0 Å². The average molecular weight is 360 g/mol. The molecule has 0 aliphatic carbocycles. The summed E-state index contributed by atoms with van der Waals surface area (Å²) in [5, 5.41) is 3.69. The van der Waals surface area contributed by atoms with Gasteiger partial charge in [0.25, 0.3) is 0 Å². The van der Waals surface area contributed by atoms with E-state index in [1.54, 1.807) is 6.07 Å². The maximum absolute atomic E-state index is 12.2. The minimum atomic E-state index is -0.0706. The fourth-order valence-corrected chi connectivity index (χ4v) is 3.05. The van der Waals surface area contributed by atoms with Crippen LogP contribution in [0.2, 0.25) is 5.02 Å². The zero-order valence-electron chi connectivity index (χ0n) is 14.3. The predicted molar refractivity (Wildman–Crippen MR) is 98.4 cm³/mol. The molecule has 0 radical (unpaired) electrons. The van der Waals surface area contributed by atoms with Gasteiger partial charge in [-0.2, -0.15) is 0 Å². The van der Waals surface area contributed by atoms with Crippen LogP contribution in [0.5, 0.6) is 11.5 Å². The summed E-state index contributed by atoms with van der Waals surface area (Å²) < 4.78 is 11.3. The van der Waals surface area contributed by atoms with Gasteiger partial charge in [0.05, 0.1) is 25.7 Å². The van der Waals surface area contributed by atoms with Crippen LogP contribution in [-0.2, 0) is 11.2 Å². The van der Waals surface area contributed by atoms with Crippen LogP contribution in [0.3, 0.4) is 0 Å². The van der Waals surface area contributed by atoms with Crippen molar-refractivity contribution in [2.75, 3.05) is 13.2 Å². The maximum Gasteiger partial charge on any atom is 0.223 e. The third-order valence-corrected chi connectivity index (χ3v) is 4.51. The minimum Gasteiger partial charge on any atom is -0.493 e. The number of hydrogen-bond acceptors (Lipinski definition) is 3. The Kier molecular flexibility index (Phi) is 5.82. The summed E-state index contributed by atoms with van der Waals surface area (Å²) in [7, 11) is 0. The predicted octanol–water partition coefficient (Wildman–Crippen LogP) is 4.31. The molecule has 1 N–H and O–H groups in total. The fourth-order valence-electron chi connectivity index (χ4n) is 2.86. The second kappa shape index (κ2) is 8.26. The van der Waals surface area contributed by atoms with Gasteiger partial charge in [0.2, 0.25) is 5.91 Å². The molecule has 1 unspecified atom stereocenters. The standard InChI is InChI=1S/C20H22ClNO3/c1-2-14-3-6-16(7-4-14)24-12-10-20(23)22-18-9-11-25-19-8-5-15(21)13-17(18)19/h3-8,13,18H,2,9-12H2,1H3,(H,22,23). The number of benzene rings is 2. The average Bonchev–Trinajstić information content (AvgIpc) is 2.63. The van der Waals surface area contributed by atoms with Crippen molar-refractivity contribution in [2.24, 2.45) is 0 Å². The summed E-state index contributed by atoms with van der Waals surface area (Å²) in [6, 6.07) is 13.4. The normalized spacial score (nSPS) is 15.8. The SMILES string of the molecule is CCc1ccc(OCCC(=O)NC2CCOc3ccc(Cl)cc32)cc1. The first-order chi connectivity index (χ1) is 12.2. The van der Waals surface area contributed by atoms with Gasteiger partial charge in [0, 0.05) is 17.0 Å². The number of ether oxygens (including phenoxy) is 2. The van der Waals surface area contributed by atoms with E-state index in [0.717, 1.165) is 29.9 Å². The molecule has 25 heavy (non-hydrogen) atoms. The van der Waals surface area contributed by atoms with E-state index in [2.05, 4.69) is 12.2 Å². The van der Waals surface area contributed by atoms with Crippen LogP contribution >= 0.6 is 11.6 Å². The zero-order chi connectivity index (χ0) is 17.6. The molecule has 0 bridgehead atoms. The molecule has 5 heteroatoms. The van der Waals surface area contributed by atoms with Gasteiger partial charge in [-0.1, -0.05) is 30.7 Å². The Labute approximate surface area is 153 Å². The van der Waals surface area contributed by atoms with Crippen LogP contribution in [0.1, 0.15) is 36.9 Å². The second-order valence-corrected chi connectivity index (χ2v) is 6.47. The summed E-state index contributed by atoms with van der Waals surface area (Å²) in [6.07, 6.45) is 2.04. The third kappa shape index (κ3) is 4.67. The molecule has 1 aliphatic heterocycles. The molecule has 1 aliphatic rings. The number of nitrogens with one attached hydrogen (secondary N) is 1. The van der Waals surface area contributed by atoms with Gasteiger partial charge in [0.15, 0.2) is 0 Å². The number of aryl methyl sites for hydroxylation is 1. The maximum atomic E-state index is 12.2. The monoisotopic (exact) mass is 359 g/mol. The van der Waals surface area contributed by atoms with Gasteiger partial charge in [-0.3, -0.25) is 4.79 Å². The van der Waals surface area contributed by atoms with Crippen molar-refractivity contribution in [2.45, 2.75) is 32.2 Å². The summed E-state index contributed by atoms with van der Waals surface area (Å²) in [5.41, 5.74) is 2.20. The largest absolute Gasteiger partial charge is 0.493 e. The Balaban J connectivity index is 1.50. The lowest BCUT2D eigenvalue weighted by molar-refractivity contribution is -0.122. The van der Waals surface area contributed by atoms with E-state index in [4.69, 9.17) is 21.1 Å². The molecule has 1 amide bonds. The molecule has 1 atom stereocenters. The van der Waals surface area contributed by atoms with Crippen molar-refractivity contribution in [1.29, 1.82) is 0 Å². The van der Waals surface area contributed by atoms with E-state index in [0.29, 0.717) is 24.7 Å². The highest BCUT2D eigenvalue weighted by Crippen LogP contribution is 2.33. The number of rotatable bonds is 6. The lowest BCUT2D eigenvalue weighted by Crippen LogP contribution is -2.32. The van der Waals surface area contributed by atoms with Crippen molar-refractivity contribution in [1.82, 2.24) is 5.32 Å². The molecule has 0 saturated carbocycles. The summed E-state index contributed by atoms with van der Waals surface area (Å²) in [6.45, 7) is 3.05. The molecule has 0 aromatic heterocycles. The smallest absolute Gasteiger partial charge is 0.223 e. The number of fused-ring (bicyclic) bond motifs is 1. The van der Waals surface area contributed by atoms with Crippen LogP contribution in [0.15, 0.2) is 42.5 Å².